The molecule has 6 rings (SSSR count). The Balaban J connectivity index is 1.41. The zero-order chi connectivity index (χ0) is 34.5. The first-order valence-corrected chi connectivity index (χ1v) is 17.2. The van der Waals surface area contributed by atoms with Crippen molar-refractivity contribution in [1.82, 2.24) is 4.90 Å². The minimum absolute atomic E-state index is 0.0505. The number of β-lactam (4-membered cyclic amide) rings is 1. The molecule has 2 unspecified atom stereocenters. The number of fused-ring (bicyclic) bond motifs is 1. The lowest BCUT2D eigenvalue weighted by molar-refractivity contribution is -0.384. The van der Waals surface area contributed by atoms with Gasteiger partial charge in [0, 0.05) is 12.1 Å². The molecule has 0 saturated carbocycles. The van der Waals surface area contributed by atoms with E-state index in [-0.39, 0.29) is 18.9 Å². The zero-order valence-electron chi connectivity index (χ0n) is 25.5. The predicted molar refractivity (Wildman–Crippen MR) is 179 cm³/mol. The molecule has 1 saturated heterocycles. The van der Waals surface area contributed by atoms with Gasteiger partial charge in [-0.05, 0) is 41.0 Å². The number of non-ortho nitro benzene ring substituents is 1. The summed E-state index contributed by atoms with van der Waals surface area (Å²) in [5, 5.41) is 10.8. The number of esters is 1. The van der Waals surface area contributed by atoms with Crippen LogP contribution in [0.1, 0.15) is 22.6 Å². The monoisotopic (exact) mass is 701 g/mol. The minimum atomic E-state index is -5.36. The average molecular weight is 702 g/mol. The van der Waals surface area contributed by atoms with Gasteiger partial charge in [0.15, 0.2) is 17.5 Å². The van der Waals surface area contributed by atoms with Crippen LogP contribution in [0.15, 0.2) is 132 Å². The Hall–Kier alpha value is -5.27. The second-order valence-corrected chi connectivity index (χ2v) is 13.2. The number of benzene rings is 4. The number of amides is 1. The number of nitrogens with zero attached hydrogens (tertiary/aromatic N) is 3. The quantitative estimate of drug-likeness (QED) is 0.0340. The summed E-state index contributed by atoms with van der Waals surface area (Å²) >= 11 is 1.17. The van der Waals surface area contributed by atoms with Crippen molar-refractivity contribution in [1.29, 1.82) is 0 Å². The van der Waals surface area contributed by atoms with Crippen molar-refractivity contribution in [3.63, 3.8) is 0 Å². The van der Waals surface area contributed by atoms with E-state index in [4.69, 9.17) is 14.0 Å². The van der Waals surface area contributed by atoms with E-state index in [1.165, 1.54) is 36.0 Å². The highest BCUT2D eigenvalue weighted by Crippen LogP contribution is 2.50. The van der Waals surface area contributed by atoms with Crippen molar-refractivity contribution in [3.8, 4) is 5.75 Å². The van der Waals surface area contributed by atoms with E-state index in [0.717, 1.165) is 4.90 Å². The first-order valence-electron chi connectivity index (χ1n) is 14.8. The van der Waals surface area contributed by atoms with Gasteiger partial charge >= 0.3 is 13.8 Å². The number of nitro groups is 1. The highest BCUT2D eigenvalue weighted by atomic mass is 32.2. The van der Waals surface area contributed by atoms with Gasteiger partial charge in [0.2, 0.25) is 0 Å². The van der Waals surface area contributed by atoms with Crippen molar-refractivity contribution in [2.45, 2.75) is 23.9 Å². The number of para-hydroxylation sites is 1. The largest absolute Gasteiger partial charge is 0.524 e. The van der Waals surface area contributed by atoms with Crippen LogP contribution in [0.2, 0.25) is 0 Å². The zero-order valence-corrected chi connectivity index (χ0v) is 27.2. The molecule has 2 aliphatic heterocycles. The van der Waals surface area contributed by atoms with Crippen molar-refractivity contribution < 1.29 is 42.9 Å². The summed E-state index contributed by atoms with van der Waals surface area (Å²) in [5.74, 6) is -2.70. The summed E-state index contributed by atoms with van der Waals surface area (Å²) < 4.78 is 29.4. The summed E-state index contributed by atoms with van der Waals surface area (Å²) in [4.78, 5) is 64.4. The third kappa shape index (κ3) is 7.74. The summed E-state index contributed by atoms with van der Waals surface area (Å²) in [7, 11) is -5.36. The Morgan fingerprint density at radius 1 is 0.898 bits per heavy atom. The van der Waals surface area contributed by atoms with E-state index in [0.29, 0.717) is 27.5 Å². The van der Waals surface area contributed by atoms with Crippen LogP contribution in [0.5, 0.6) is 5.75 Å². The van der Waals surface area contributed by atoms with Gasteiger partial charge in [0.1, 0.15) is 29.4 Å². The number of phosphoric acid groups is 1. The van der Waals surface area contributed by atoms with Crippen LogP contribution in [0.4, 0.5) is 5.69 Å². The fourth-order valence-electron chi connectivity index (χ4n) is 5.38. The molecular weight excluding hydrogens is 673 g/mol. The van der Waals surface area contributed by atoms with Gasteiger partial charge in [-0.25, -0.2) is 9.36 Å². The molecule has 2 atom stereocenters. The number of carbonyl (C=O) groups excluding carboxylic acids is 2. The number of ether oxygens (including phenoxy) is 2. The van der Waals surface area contributed by atoms with Crippen LogP contribution in [0, 0.1) is 10.1 Å². The van der Waals surface area contributed by atoms with Gasteiger partial charge in [-0.2, -0.15) is 0 Å². The van der Waals surface area contributed by atoms with Crippen LogP contribution < -0.4 is 4.74 Å². The van der Waals surface area contributed by atoms with E-state index < -0.39 is 53.4 Å². The number of rotatable bonds is 13. The topological polar surface area (TPSA) is 178 Å². The SMILES string of the molecule is O=C(OCc1ccc([N+](=O)[O-])cc1)C(=C(OP(=O)(O)O)C(c1ccccc1)c1ccccc1)N1C(=O)C2N=C(COc3ccccc3)SC21. The Morgan fingerprint density at radius 2 is 1.47 bits per heavy atom. The molecule has 2 N–H and O–H groups in total. The molecule has 49 heavy (non-hydrogen) atoms. The van der Waals surface area contributed by atoms with Crippen LogP contribution in [-0.2, 0) is 30.0 Å². The highest BCUT2D eigenvalue weighted by molar-refractivity contribution is 8.15. The maximum absolute atomic E-state index is 14.2. The second-order valence-electron chi connectivity index (χ2n) is 10.8. The maximum Gasteiger partial charge on any atom is 0.524 e. The molecule has 13 nitrogen and oxygen atoms in total. The van der Waals surface area contributed by atoms with Crippen molar-refractivity contribution in [3.05, 3.63) is 154 Å². The van der Waals surface area contributed by atoms with Crippen molar-refractivity contribution >= 4 is 42.2 Å². The Morgan fingerprint density at radius 3 is 2.02 bits per heavy atom. The Labute approximate surface area is 284 Å². The summed E-state index contributed by atoms with van der Waals surface area (Å²) in [6.45, 7) is -0.324. The predicted octanol–water partition coefficient (Wildman–Crippen LogP) is 5.55. The molecular formula is C34H28N3O10PS. The Kier molecular flexibility index (Phi) is 9.92. The number of hydrogen-bond donors (Lipinski definition) is 2. The van der Waals surface area contributed by atoms with Gasteiger partial charge < -0.3 is 14.0 Å². The summed E-state index contributed by atoms with van der Waals surface area (Å²) in [6.07, 6.45) is 0. The van der Waals surface area contributed by atoms with Gasteiger partial charge in [0.05, 0.1) is 10.8 Å². The third-order valence-corrected chi connectivity index (χ3v) is 9.23. The number of likely N-dealkylation sites (tertiary alicyclic amines) is 1. The molecule has 0 aliphatic carbocycles. The fraction of sp³-hybridized carbons (Fsp3) is 0.147. The lowest BCUT2D eigenvalue weighted by atomic mass is 9.88. The molecule has 0 spiro atoms. The molecule has 15 heteroatoms. The van der Waals surface area contributed by atoms with Gasteiger partial charge in [-0.15, -0.1) is 0 Å². The van der Waals surface area contributed by atoms with Crippen LogP contribution in [0.25, 0.3) is 0 Å². The van der Waals surface area contributed by atoms with Crippen LogP contribution in [-0.4, -0.2) is 54.6 Å². The molecule has 2 heterocycles. The summed E-state index contributed by atoms with van der Waals surface area (Å²) in [5.41, 5.74) is 0.737. The molecule has 0 bridgehead atoms. The Bertz CT molecular complexity index is 1920. The van der Waals surface area contributed by atoms with E-state index in [1.54, 1.807) is 72.8 Å². The molecule has 0 aromatic heterocycles. The standard InChI is InChI=1S/C34H28N3O10PS/c38-32-29-33(49-27(35-29)21-45-26-14-8-3-9-15-26)36(32)30(34(39)46-20-22-16-18-25(19-17-22)37(40)41)31(47-48(42,43)44)28(23-10-4-1-5-11-23)24-12-6-2-7-13-24/h1-19,28-29,33H,20-21H2,(H2,42,43,44). The highest BCUT2D eigenvalue weighted by Gasteiger charge is 2.56. The van der Waals surface area contributed by atoms with Crippen LogP contribution >= 0.6 is 19.6 Å². The first-order chi connectivity index (χ1) is 23.6. The van der Waals surface area contributed by atoms with Crippen LogP contribution in [0.3, 0.4) is 0 Å². The molecule has 1 amide bonds. The third-order valence-electron chi connectivity index (χ3n) is 7.59. The minimum Gasteiger partial charge on any atom is -0.487 e. The van der Waals surface area contributed by atoms with E-state index >= 15 is 0 Å². The number of hydrogen-bond acceptors (Lipinski definition) is 10. The number of phosphoric ester groups is 1. The smallest absolute Gasteiger partial charge is 0.487 e. The first kappa shape index (κ1) is 33.6. The molecule has 4 aromatic rings. The molecule has 4 aromatic carbocycles. The van der Waals surface area contributed by atoms with Gasteiger partial charge in [-0.1, -0.05) is 90.6 Å². The number of aliphatic imine (C=N–C) groups is 1. The van der Waals surface area contributed by atoms with E-state index in [9.17, 15) is 34.1 Å². The second kappa shape index (κ2) is 14.5. The van der Waals surface area contributed by atoms with Gasteiger partial charge in [0.25, 0.3) is 11.6 Å². The number of thioether (sulfide) groups is 1. The molecule has 1 fully saturated rings. The molecule has 250 valence electrons. The lowest BCUT2D eigenvalue weighted by Gasteiger charge is -2.42. The lowest BCUT2D eigenvalue weighted by Crippen LogP contribution is -2.61. The van der Waals surface area contributed by atoms with Gasteiger partial charge in [-0.3, -0.25) is 34.6 Å². The number of carbonyl (C=O) groups is 2. The maximum atomic E-state index is 14.2. The fourth-order valence-corrected chi connectivity index (χ4v) is 7.03. The van der Waals surface area contributed by atoms with E-state index in [2.05, 4.69) is 4.99 Å². The molecule has 2 aliphatic rings. The van der Waals surface area contributed by atoms with Crippen molar-refractivity contribution in [2.24, 2.45) is 4.99 Å². The summed E-state index contributed by atoms with van der Waals surface area (Å²) in [6, 6.07) is 30.6. The normalized spacial score (nSPS) is 17.4. The van der Waals surface area contributed by atoms with Crippen molar-refractivity contribution in [2.75, 3.05) is 6.61 Å². The molecule has 0 radical (unpaired) electrons. The number of allylic oxidation sites excluding steroid dienone is 1. The number of nitro benzene ring substituents is 1. The van der Waals surface area contributed by atoms with E-state index in [1.807, 2.05) is 18.2 Å². The average Bonchev–Trinajstić information content (AvgIpc) is 3.48.